The fourth-order valence-corrected chi connectivity index (χ4v) is 3.25. The maximum atomic E-state index is 10.5. The standard InChI is InChI=1S/C11H19NO2/c12-10(11(13)14)4-3-9-6-7-1-2-8(9)5-7/h7-10H,1-6,12H2,(H,13,14). The Morgan fingerprint density at radius 3 is 2.71 bits per heavy atom. The average Bonchev–Trinajstić information content (AvgIpc) is 2.74. The summed E-state index contributed by atoms with van der Waals surface area (Å²) in [5, 5.41) is 8.66. The van der Waals surface area contributed by atoms with Gasteiger partial charge in [0.2, 0.25) is 0 Å². The zero-order chi connectivity index (χ0) is 10.1. The molecule has 0 radical (unpaired) electrons. The van der Waals surface area contributed by atoms with Crippen LogP contribution in [-0.2, 0) is 4.79 Å². The molecule has 2 aliphatic rings. The molecule has 3 N–H and O–H groups in total. The summed E-state index contributed by atoms with van der Waals surface area (Å²) in [5.74, 6) is 1.76. The summed E-state index contributed by atoms with van der Waals surface area (Å²) >= 11 is 0. The number of nitrogens with two attached hydrogens (primary N) is 1. The highest BCUT2D eigenvalue weighted by Gasteiger charge is 2.39. The summed E-state index contributed by atoms with van der Waals surface area (Å²) in [6.07, 6.45) is 7.19. The van der Waals surface area contributed by atoms with Crippen LogP contribution < -0.4 is 5.73 Å². The predicted molar refractivity (Wildman–Crippen MR) is 53.8 cm³/mol. The Kier molecular flexibility index (Phi) is 2.77. The quantitative estimate of drug-likeness (QED) is 0.719. The molecule has 2 aliphatic carbocycles. The molecule has 2 rings (SSSR count). The van der Waals surface area contributed by atoms with E-state index in [0.717, 1.165) is 24.2 Å². The van der Waals surface area contributed by atoms with Crippen molar-refractivity contribution in [2.75, 3.05) is 0 Å². The zero-order valence-electron chi connectivity index (χ0n) is 8.48. The van der Waals surface area contributed by atoms with Gasteiger partial charge in [0.05, 0.1) is 0 Å². The fourth-order valence-electron chi connectivity index (χ4n) is 3.25. The number of hydrogen-bond acceptors (Lipinski definition) is 2. The van der Waals surface area contributed by atoms with E-state index >= 15 is 0 Å². The number of aliphatic carboxylic acids is 1. The van der Waals surface area contributed by atoms with Crippen molar-refractivity contribution in [3.63, 3.8) is 0 Å². The van der Waals surface area contributed by atoms with E-state index in [4.69, 9.17) is 10.8 Å². The van der Waals surface area contributed by atoms with Gasteiger partial charge in [0, 0.05) is 0 Å². The Hall–Kier alpha value is -0.570. The summed E-state index contributed by atoms with van der Waals surface area (Å²) in [6, 6.07) is -0.644. The Labute approximate surface area is 84.7 Å². The minimum absolute atomic E-state index is 0.644. The molecular weight excluding hydrogens is 178 g/mol. The molecule has 0 aromatic rings. The van der Waals surface area contributed by atoms with Gasteiger partial charge in [0.1, 0.15) is 6.04 Å². The topological polar surface area (TPSA) is 63.3 Å². The monoisotopic (exact) mass is 197 g/mol. The predicted octanol–water partition coefficient (Wildman–Crippen LogP) is 1.61. The molecule has 3 nitrogen and oxygen atoms in total. The molecule has 0 spiro atoms. The molecule has 3 heteroatoms. The van der Waals surface area contributed by atoms with Crippen molar-refractivity contribution in [2.24, 2.45) is 23.5 Å². The molecule has 2 fully saturated rings. The lowest BCUT2D eigenvalue weighted by atomic mass is 9.85. The van der Waals surface area contributed by atoms with Crippen molar-refractivity contribution < 1.29 is 9.90 Å². The van der Waals surface area contributed by atoms with Crippen molar-refractivity contribution in [2.45, 2.75) is 44.6 Å². The lowest BCUT2D eigenvalue weighted by molar-refractivity contribution is -0.138. The molecular formula is C11H19NO2. The first-order valence-corrected chi connectivity index (χ1v) is 5.65. The van der Waals surface area contributed by atoms with Crippen LogP contribution in [0.4, 0.5) is 0 Å². The lowest BCUT2D eigenvalue weighted by Crippen LogP contribution is -2.30. The second kappa shape index (κ2) is 3.89. The number of carbonyl (C=O) groups is 1. The van der Waals surface area contributed by atoms with Crippen LogP contribution in [-0.4, -0.2) is 17.1 Å². The van der Waals surface area contributed by atoms with Crippen LogP contribution >= 0.6 is 0 Å². The number of carboxylic acids is 1. The molecule has 0 heterocycles. The Bertz CT molecular complexity index is 229. The van der Waals surface area contributed by atoms with Crippen LogP contribution in [0.15, 0.2) is 0 Å². The molecule has 14 heavy (non-hydrogen) atoms. The first kappa shape index (κ1) is 9.97. The highest BCUT2D eigenvalue weighted by Crippen LogP contribution is 2.49. The van der Waals surface area contributed by atoms with Crippen molar-refractivity contribution >= 4 is 5.97 Å². The van der Waals surface area contributed by atoms with Gasteiger partial charge in [0.15, 0.2) is 0 Å². The largest absolute Gasteiger partial charge is 0.480 e. The number of fused-ring (bicyclic) bond motifs is 2. The van der Waals surface area contributed by atoms with Crippen LogP contribution in [0.3, 0.4) is 0 Å². The van der Waals surface area contributed by atoms with Crippen molar-refractivity contribution in [3.8, 4) is 0 Å². The van der Waals surface area contributed by atoms with Crippen molar-refractivity contribution in [3.05, 3.63) is 0 Å². The first-order valence-electron chi connectivity index (χ1n) is 5.65. The van der Waals surface area contributed by atoms with Crippen molar-refractivity contribution in [1.29, 1.82) is 0 Å². The maximum absolute atomic E-state index is 10.5. The molecule has 2 saturated carbocycles. The number of carboxylic acid groups (broad SMARTS) is 1. The van der Waals surface area contributed by atoms with E-state index in [1.807, 2.05) is 0 Å². The SMILES string of the molecule is NC(CCC1CC2CCC1C2)C(=O)O. The van der Waals surface area contributed by atoms with Gasteiger partial charge < -0.3 is 10.8 Å². The first-order chi connectivity index (χ1) is 6.66. The van der Waals surface area contributed by atoms with E-state index in [1.165, 1.54) is 25.7 Å². The second-order valence-corrected chi connectivity index (χ2v) is 4.96. The minimum atomic E-state index is -0.854. The van der Waals surface area contributed by atoms with Crippen LogP contribution in [0, 0.1) is 17.8 Å². The second-order valence-electron chi connectivity index (χ2n) is 4.96. The number of rotatable bonds is 4. The van der Waals surface area contributed by atoms with E-state index in [2.05, 4.69) is 0 Å². The molecule has 80 valence electrons. The highest BCUT2D eigenvalue weighted by molar-refractivity contribution is 5.72. The Balaban J connectivity index is 1.74. The van der Waals surface area contributed by atoms with Crippen LogP contribution in [0.5, 0.6) is 0 Å². The Morgan fingerprint density at radius 2 is 2.21 bits per heavy atom. The highest BCUT2D eigenvalue weighted by atomic mass is 16.4. The third kappa shape index (κ3) is 1.92. The smallest absolute Gasteiger partial charge is 0.320 e. The molecule has 0 aliphatic heterocycles. The van der Waals surface area contributed by atoms with E-state index in [0.29, 0.717) is 6.42 Å². The van der Waals surface area contributed by atoms with Gasteiger partial charge in [-0.1, -0.05) is 6.42 Å². The van der Waals surface area contributed by atoms with Crippen molar-refractivity contribution in [1.82, 2.24) is 0 Å². The zero-order valence-corrected chi connectivity index (χ0v) is 8.48. The van der Waals surface area contributed by atoms with Gasteiger partial charge in [-0.25, -0.2) is 0 Å². The van der Waals surface area contributed by atoms with Crippen LogP contribution in [0.1, 0.15) is 38.5 Å². The van der Waals surface area contributed by atoms with Gasteiger partial charge in [-0.3, -0.25) is 4.79 Å². The third-order valence-corrected chi connectivity index (χ3v) is 4.05. The third-order valence-electron chi connectivity index (χ3n) is 4.05. The molecule has 0 saturated heterocycles. The number of hydrogen-bond donors (Lipinski definition) is 2. The van der Waals surface area contributed by atoms with Gasteiger partial charge in [-0.05, 0) is 49.9 Å². The fraction of sp³-hybridized carbons (Fsp3) is 0.909. The maximum Gasteiger partial charge on any atom is 0.320 e. The molecule has 2 bridgehead atoms. The van der Waals surface area contributed by atoms with Crippen LogP contribution in [0.25, 0.3) is 0 Å². The lowest BCUT2D eigenvalue weighted by Gasteiger charge is -2.22. The van der Waals surface area contributed by atoms with Gasteiger partial charge in [-0.2, -0.15) is 0 Å². The molecule has 4 unspecified atom stereocenters. The molecule has 0 aromatic heterocycles. The molecule has 4 atom stereocenters. The normalized spacial score (nSPS) is 37.4. The van der Waals surface area contributed by atoms with Gasteiger partial charge >= 0.3 is 5.97 Å². The molecule has 0 amide bonds. The summed E-state index contributed by atoms with van der Waals surface area (Å²) in [6.45, 7) is 0. The van der Waals surface area contributed by atoms with Gasteiger partial charge in [-0.15, -0.1) is 0 Å². The molecule has 0 aromatic carbocycles. The van der Waals surface area contributed by atoms with E-state index in [1.54, 1.807) is 0 Å². The van der Waals surface area contributed by atoms with E-state index in [-0.39, 0.29) is 0 Å². The summed E-state index contributed by atoms with van der Waals surface area (Å²) in [5.41, 5.74) is 5.49. The van der Waals surface area contributed by atoms with E-state index in [9.17, 15) is 4.79 Å². The summed E-state index contributed by atoms with van der Waals surface area (Å²) < 4.78 is 0. The Morgan fingerprint density at radius 1 is 1.43 bits per heavy atom. The van der Waals surface area contributed by atoms with Crippen LogP contribution in [0.2, 0.25) is 0 Å². The van der Waals surface area contributed by atoms with E-state index < -0.39 is 12.0 Å². The van der Waals surface area contributed by atoms with Gasteiger partial charge in [0.25, 0.3) is 0 Å². The summed E-state index contributed by atoms with van der Waals surface area (Å²) in [4.78, 5) is 10.5. The average molecular weight is 197 g/mol. The minimum Gasteiger partial charge on any atom is -0.480 e. The summed E-state index contributed by atoms with van der Waals surface area (Å²) in [7, 11) is 0.